The van der Waals surface area contributed by atoms with Gasteiger partial charge >= 0.3 is 11.0 Å². The average molecular weight is 696 g/mol. The van der Waals surface area contributed by atoms with Gasteiger partial charge in [0.25, 0.3) is 5.91 Å². The first kappa shape index (κ1) is 30.9. The number of benzene rings is 3. The zero-order valence-electron chi connectivity index (χ0n) is 24.7. The van der Waals surface area contributed by atoms with Gasteiger partial charge in [0.2, 0.25) is 11.8 Å². The first-order valence-electron chi connectivity index (χ1n) is 15.2. The van der Waals surface area contributed by atoms with Gasteiger partial charge in [-0.05, 0) is 66.6 Å². The maximum absolute atomic E-state index is 13.9. The quantitative estimate of drug-likeness (QED) is 0.181. The number of nitrogens with one attached hydrogen (secondary N) is 2. The zero-order valence-corrected chi connectivity index (χ0v) is 26.3. The van der Waals surface area contributed by atoms with Crippen LogP contribution in [0.3, 0.4) is 0 Å². The third kappa shape index (κ3) is 4.87. The SMILES string of the molecule is O=C(COc1ccccc1[C@@H]1c2sc(=O)[nH]c2S[C@@H]2[C@@H]3C[C@@H]([C@@H]4C(=O)N(c5ccc(F)cc5)C(=O)[C@@H]34)[C@H]12)Nc1ccccc1C(F)(F)F. The molecule has 8 rings (SSSR count). The van der Waals surface area contributed by atoms with Crippen LogP contribution in [-0.2, 0) is 20.6 Å². The largest absolute Gasteiger partial charge is 0.483 e. The zero-order chi connectivity index (χ0) is 33.5. The van der Waals surface area contributed by atoms with E-state index in [4.69, 9.17) is 4.74 Å². The molecule has 3 fully saturated rings. The van der Waals surface area contributed by atoms with E-state index in [1.807, 2.05) is 6.07 Å². The van der Waals surface area contributed by atoms with Gasteiger partial charge in [0.15, 0.2) is 6.61 Å². The molecule has 3 aromatic carbocycles. The van der Waals surface area contributed by atoms with E-state index in [2.05, 4.69) is 10.3 Å². The molecule has 2 aliphatic carbocycles. The molecule has 14 heteroatoms. The molecule has 48 heavy (non-hydrogen) atoms. The van der Waals surface area contributed by atoms with E-state index >= 15 is 0 Å². The number of nitrogens with zero attached hydrogens (tertiary/aromatic N) is 1. The normalized spacial score (nSPS) is 27.1. The minimum absolute atomic E-state index is 0.112. The summed E-state index contributed by atoms with van der Waals surface area (Å²) in [7, 11) is 0. The molecule has 3 heterocycles. The first-order chi connectivity index (χ1) is 23.0. The van der Waals surface area contributed by atoms with Gasteiger partial charge in [-0.25, -0.2) is 4.39 Å². The van der Waals surface area contributed by atoms with E-state index in [1.54, 1.807) is 18.2 Å². The number of para-hydroxylation sites is 2. The Morgan fingerprint density at radius 3 is 2.38 bits per heavy atom. The maximum atomic E-state index is 13.9. The lowest BCUT2D eigenvalue weighted by Gasteiger charge is -2.43. The molecule has 2 bridgehead atoms. The molecule has 0 radical (unpaired) electrons. The monoisotopic (exact) mass is 695 g/mol. The van der Waals surface area contributed by atoms with Crippen molar-refractivity contribution in [2.24, 2.45) is 29.6 Å². The number of thiazole rings is 1. The standard InChI is InChI=1S/C34H25F4N3O5S2/c35-15-9-11-16(12-10-15)41-31(43)26-18-13-19(27(26)32(41)44)28-25(18)24(29-30(47-28)40-33(45)48-29)17-5-1-4-8-22(17)46-14-23(42)39-21-7-3-2-6-20(21)34(36,37)38/h1-12,18-19,24-28H,13-14H2,(H,39,42)(H,40,45)/t18-,19-,24+,25-,26+,27+,28-/m1/s1. The van der Waals surface area contributed by atoms with E-state index in [9.17, 15) is 36.7 Å². The van der Waals surface area contributed by atoms with Crippen LogP contribution in [0, 0.1) is 35.4 Å². The molecule has 2 N–H and O–H groups in total. The molecule has 3 amide bonds. The molecule has 4 aliphatic rings. The van der Waals surface area contributed by atoms with Crippen molar-refractivity contribution < 1.29 is 36.7 Å². The second kappa shape index (κ2) is 11.3. The van der Waals surface area contributed by atoms with Gasteiger partial charge in [-0.2, -0.15) is 13.2 Å². The number of fused-ring (bicyclic) bond motifs is 9. The van der Waals surface area contributed by atoms with Crippen LogP contribution in [0.1, 0.15) is 28.3 Å². The number of carbonyl (C=O) groups is 3. The Morgan fingerprint density at radius 1 is 0.938 bits per heavy atom. The van der Waals surface area contributed by atoms with Crippen LogP contribution in [0.5, 0.6) is 5.75 Å². The number of aromatic amines is 1. The molecule has 246 valence electrons. The van der Waals surface area contributed by atoms with Crippen LogP contribution in [0.2, 0.25) is 0 Å². The summed E-state index contributed by atoms with van der Waals surface area (Å²) in [5, 5.41) is 2.86. The number of aromatic nitrogens is 1. The van der Waals surface area contributed by atoms with Crippen molar-refractivity contribution in [1.82, 2.24) is 4.98 Å². The van der Waals surface area contributed by atoms with E-state index < -0.39 is 47.8 Å². The predicted octanol–water partition coefficient (Wildman–Crippen LogP) is 6.29. The minimum Gasteiger partial charge on any atom is -0.483 e. The summed E-state index contributed by atoms with van der Waals surface area (Å²) in [4.78, 5) is 57.9. The van der Waals surface area contributed by atoms with Crippen molar-refractivity contribution in [3.63, 3.8) is 0 Å². The summed E-state index contributed by atoms with van der Waals surface area (Å²) in [5.41, 5.74) is -0.371. The fraction of sp³-hybridized carbons (Fsp3) is 0.294. The summed E-state index contributed by atoms with van der Waals surface area (Å²) in [6.45, 7) is -0.578. The molecule has 7 atom stereocenters. The summed E-state index contributed by atoms with van der Waals surface area (Å²) in [5.74, 6) is -3.62. The van der Waals surface area contributed by atoms with Gasteiger partial charge in [-0.15, -0.1) is 11.8 Å². The fourth-order valence-corrected chi connectivity index (χ4v) is 11.1. The van der Waals surface area contributed by atoms with E-state index in [0.717, 1.165) is 22.3 Å². The Morgan fingerprint density at radius 2 is 1.62 bits per heavy atom. The number of carbonyl (C=O) groups excluding carboxylic acids is 3. The highest BCUT2D eigenvalue weighted by molar-refractivity contribution is 8.00. The van der Waals surface area contributed by atoms with Crippen LogP contribution >= 0.6 is 23.1 Å². The van der Waals surface area contributed by atoms with Crippen LogP contribution in [0.15, 0.2) is 82.6 Å². The average Bonchev–Trinajstić information content (AvgIpc) is 3.79. The maximum Gasteiger partial charge on any atom is 0.418 e. The van der Waals surface area contributed by atoms with Gasteiger partial charge in [-0.3, -0.25) is 24.1 Å². The molecule has 1 saturated heterocycles. The Balaban J connectivity index is 1.11. The Hall–Kier alpha value is -4.43. The molecule has 0 unspecified atom stereocenters. The van der Waals surface area contributed by atoms with Crippen LogP contribution in [0.25, 0.3) is 0 Å². The molecule has 2 saturated carbocycles. The second-order valence-electron chi connectivity index (χ2n) is 12.4. The Labute approximate surface area is 278 Å². The number of imide groups is 1. The first-order valence-corrected chi connectivity index (χ1v) is 16.9. The molecule has 8 nitrogen and oxygen atoms in total. The van der Waals surface area contributed by atoms with E-state index in [0.29, 0.717) is 28.4 Å². The van der Waals surface area contributed by atoms with Gasteiger partial charge in [0.05, 0.1) is 33.8 Å². The number of H-pyrrole nitrogens is 1. The van der Waals surface area contributed by atoms with Gasteiger partial charge in [0.1, 0.15) is 11.6 Å². The number of amides is 3. The highest BCUT2D eigenvalue weighted by atomic mass is 32.2. The summed E-state index contributed by atoms with van der Waals surface area (Å²) < 4.78 is 60.1. The number of halogens is 4. The molecule has 4 aromatic rings. The van der Waals surface area contributed by atoms with Crippen molar-refractivity contribution in [2.75, 3.05) is 16.8 Å². The number of thioether (sulfide) groups is 1. The smallest absolute Gasteiger partial charge is 0.418 e. The molecular formula is C34H25F4N3O5S2. The van der Waals surface area contributed by atoms with Crippen LogP contribution < -0.4 is 19.8 Å². The Bertz CT molecular complexity index is 2030. The van der Waals surface area contributed by atoms with Crippen molar-refractivity contribution in [3.05, 3.63) is 104 Å². The number of hydrogen-bond donors (Lipinski definition) is 2. The summed E-state index contributed by atoms with van der Waals surface area (Å²) in [6.07, 6.45) is -4.02. The number of anilines is 2. The number of alkyl halides is 3. The Kier molecular flexibility index (Phi) is 7.29. The number of ether oxygens (including phenoxy) is 1. The van der Waals surface area contributed by atoms with E-state index in [1.165, 1.54) is 59.1 Å². The molecule has 2 aliphatic heterocycles. The lowest BCUT2D eigenvalue weighted by Crippen LogP contribution is -2.42. The molecular weight excluding hydrogens is 671 g/mol. The molecule has 0 spiro atoms. The van der Waals surface area contributed by atoms with Crippen molar-refractivity contribution in [3.8, 4) is 5.75 Å². The fourth-order valence-electron chi connectivity index (χ4n) is 8.25. The van der Waals surface area contributed by atoms with Crippen molar-refractivity contribution in [1.29, 1.82) is 0 Å². The van der Waals surface area contributed by atoms with Gasteiger partial charge < -0.3 is 15.0 Å². The summed E-state index contributed by atoms with van der Waals surface area (Å²) >= 11 is 2.58. The lowest BCUT2D eigenvalue weighted by atomic mass is 9.68. The van der Waals surface area contributed by atoms with Gasteiger partial charge in [0, 0.05) is 21.6 Å². The lowest BCUT2D eigenvalue weighted by molar-refractivity contribution is -0.137. The van der Waals surface area contributed by atoms with Crippen LogP contribution in [0.4, 0.5) is 28.9 Å². The van der Waals surface area contributed by atoms with E-state index in [-0.39, 0.29) is 45.4 Å². The highest BCUT2D eigenvalue weighted by Gasteiger charge is 2.69. The van der Waals surface area contributed by atoms with Gasteiger partial charge in [-0.1, -0.05) is 41.7 Å². The minimum atomic E-state index is -4.66. The number of hydrogen-bond acceptors (Lipinski definition) is 7. The highest BCUT2D eigenvalue weighted by Crippen LogP contribution is 2.69. The molecule has 1 aromatic heterocycles. The van der Waals surface area contributed by atoms with Crippen LogP contribution in [-0.4, -0.2) is 34.6 Å². The van der Waals surface area contributed by atoms with Crippen molar-refractivity contribution >= 4 is 52.2 Å². The van der Waals surface area contributed by atoms with Crippen molar-refractivity contribution in [2.45, 2.75) is 28.8 Å². The second-order valence-corrected chi connectivity index (χ2v) is 14.6. The third-order valence-electron chi connectivity index (χ3n) is 9.93. The third-order valence-corrected chi connectivity index (χ3v) is 12.5. The summed E-state index contributed by atoms with van der Waals surface area (Å²) in [6, 6.07) is 16.9. The topological polar surface area (TPSA) is 109 Å². The predicted molar refractivity (Wildman–Crippen MR) is 169 cm³/mol. The number of rotatable bonds is 6.